The first-order valence-electron chi connectivity index (χ1n) is 9.14. The monoisotopic (exact) mass is 314 g/mol. The number of fused-ring (bicyclic) bond motifs is 3. The average Bonchev–Trinajstić information content (AvgIpc) is 2.46. The number of aromatic hydroxyl groups is 1. The largest absolute Gasteiger partial charge is 0.508 e. The fourth-order valence-electron chi connectivity index (χ4n) is 4.46. The van der Waals surface area contributed by atoms with Crippen molar-refractivity contribution < 1.29 is 9.84 Å². The quantitative estimate of drug-likeness (QED) is 0.567. The zero-order valence-corrected chi connectivity index (χ0v) is 14.8. The van der Waals surface area contributed by atoms with Gasteiger partial charge >= 0.3 is 0 Å². The van der Waals surface area contributed by atoms with E-state index in [0.29, 0.717) is 17.6 Å². The van der Waals surface area contributed by atoms with E-state index in [1.54, 1.807) is 0 Å². The summed E-state index contributed by atoms with van der Waals surface area (Å²) in [5.74, 6) is 2.13. The zero-order valence-electron chi connectivity index (χ0n) is 14.8. The first-order valence-corrected chi connectivity index (χ1v) is 9.14. The normalized spacial score (nSPS) is 25.4. The first-order chi connectivity index (χ1) is 10.9. The van der Waals surface area contributed by atoms with Crippen LogP contribution in [-0.4, -0.2) is 10.7 Å². The Morgan fingerprint density at radius 2 is 2.09 bits per heavy atom. The summed E-state index contributed by atoms with van der Waals surface area (Å²) in [6.45, 7) is 10.8. The van der Waals surface area contributed by atoms with Crippen LogP contribution in [-0.2, 0) is 6.42 Å². The zero-order chi connectivity index (χ0) is 16.6. The minimum Gasteiger partial charge on any atom is -0.508 e. The molecule has 0 radical (unpaired) electrons. The molecule has 1 heterocycles. The van der Waals surface area contributed by atoms with Crippen LogP contribution in [0.2, 0.25) is 0 Å². The second-order valence-electron chi connectivity index (χ2n) is 7.90. The van der Waals surface area contributed by atoms with Gasteiger partial charge in [0, 0.05) is 17.4 Å². The van der Waals surface area contributed by atoms with E-state index in [-0.39, 0.29) is 5.60 Å². The van der Waals surface area contributed by atoms with Gasteiger partial charge in [-0.05, 0) is 63.6 Å². The first kappa shape index (κ1) is 16.4. The van der Waals surface area contributed by atoms with Crippen molar-refractivity contribution in [2.45, 2.75) is 77.2 Å². The van der Waals surface area contributed by atoms with Gasteiger partial charge in [0.1, 0.15) is 17.1 Å². The van der Waals surface area contributed by atoms with Crippen molar-refractivity contribution >= 4 is 0 Å². The highest BCUT2D eigenvalue weighted by Crippen LogP contribution is 2.55. The van der Waals surface area contributed by atoms with Crippen LogP contribution in [0.4, 0.5) is 0 Å². The predicted molar refractivity (Wildman–Crippen MR) is 95.3 cm³/mol. The molecule has 1 fully saturated rings. The Morgan fingerprint density at radius 1 is 1.30 bits per heavy atom. The van der Waals surface area contributed by atoms with Crippen LogP contribution in [0.15, 0.2) is 24.3 Å². The van der Waals surface area contributed by atoms with Crippen LogP contribution < -0.4 is 4.74 Å². The second kappa shape index (κ2) is 6.22. The number of ether oxygens (including phenoxy) is 1. The van der Waals surface area contributed by atoms with Crippen LogP contribution in [0.25, 0.3) is 0 Å². The fourth-order valence-corrected chi connectivity index (χ4v) is 4.46. The van der Waals surface area contributed by atoms with Gasteiger partial charge in [-0.1, -0.05) is 31.9 Å². The smallest absolute Gasteiger partial charge is 0.127 e. The van der Waals surface area contributed by atoms with Crippen LogP contribution in [0.3, 0.4) is 0 Å². The van der Waals surface area contributed by atoms with E-state index in [4.69, 9.17) is 4.74 Å². The van der Waals surface area contributed by atoms with Gasteiger partial charge < -0.3 is 9.84 Å². The summed E-state index contributed by atoms with van der Waals surface area (Å²) in [4.78, 5) is 0. The Labute approximate surface area is 140 Å². The summed E-state index contributed by atoms with van der Waals surface area (Å²) in [5, 5.41) is 10.7. The Morgan fingerprint density at radius 3 is 2.83 bits per heavy atom. The Hall–Kier alpha value is -1.44. The molecule has 0 amide bonds. The van der Waals surface area contributed by atoms with E-state index in [0.717, 1.165) is 37.0 Å². The summed E-state index contributed by atoms with van der Waals surface area (Å²) in [6, 6.07) is 4.13. The number of phenols is 1. The molecule has 2 atom stereocenters. The molecule has 2 heteroatoms. The highest BCUT2D eigenvalue weighted by molar-refractivity contribution is 5.52. The molecule has 1 aliphatic carbocycles. The fraction of sp³-hybridized carbons (Fsp3) is 0.619. The summed E-state index contributed by atoms with van der Waals surface area (Å²) in [5.41, 5.74) is 3.35. The molecule has 1 N–H and O–H groups in total. The van der Waals surface area contributed by atoms with Crippen molar-refractivity contribution in [2.75, 3.05) is 0 Å². The SMILES string of the molecule is C=C1CC[C@H]2C(C1)c1c(O)cc(CCCCC)cc1OC2(C)C. The van der Waals surface area contributed by atoms with Gasteiger partial charge in [-0.15, -0.1) is 0 Å². The average molecular weight is 314 g/mol. The molecule has 1 saturated carbocycles. The lowest BCUT2D eigenvalue weighted by atomic mass is 9.65. The molecule has 1 aromatic rings. The second-order valence-corrected chi connectivity index (χ2v) is 7.90. The molecule has 126 valence electrons. The van der Waals surface area contributed by atoms with Gasteiger partial charge in [-0.25, -0.2) is 0 Å². The van der Waals surface area contributed by atoms with Gasteiger partial charge in [0.05, 0.1) is 0 Å². The lowest BCUT2D eigenvalue weighted by molar-refractivity contribution is -0.000851. The number of hydrogen-bond acceptors (Lipinski definition) is 2. The molecule has 2 aliphatic rings. The Kier molecular flexibility index (Phi) is 4.44. The maximum atomic E-state index is 10.7. The van der Waals surface area contributed by atoms with Crippen LogP contribution in [0, 0.1) is 5.92 Å². The molecule has 0 saturated heterocycles. The highest BCUT2D eigenvalue weighted by Gasteiger charge is 2.46. The highest BCUT2D eigenvalue weighted by atomic mass is 16.5. The van der Waals surface area contributed by atoms with E-state index < -0.39 is 0 Å². The Bertz CT molecular complexity index is 600. The van der Waals surface area contributed by atoms with Gasteiger partial charge in [0.25, 0.3) is 0 Å². The van der Waals surface area contributed by atoms with Crippen LogP contribution >= 0.6 is 0 Å². The molecule has 1 aromatic carbocycles. The van der Waals surface area contributed by atoms with Gasteiger partial charge in [-0.3, -0.25) is 0 Å². The molecule has 23 heavy (non-hydrogen) atoms. The predicted octanol–water partition coefficient (Wildman–Crippen LogP) is 5.74. The lowest BCUT2D eigenvalue weighted by Gasteiger charge is -2.48. The van der Waals surface area contributed by atoms with Crippen LogP contribution in [0.5, 0.6) is 11.5 Å². The van der Waals surface area contributed by atoms with Gasteiger partial charge in [0.2, 0.25) is 0 Å². The van der Waals surface area contributed by atoms with Crippen molar-refractivity contribution in [3.63, 3.8) is 0 Å². The van der Waals surface area contributed by atoms with Crippen molar-refractivity contribution in [2.24, 2.45) is 5.92 Å². The Balaban J connectivity index is 1.96. The third-order valence-corrected chi connectivity index (χ3v) is 5.69. The molecule has 1 unspecified atom stereocenters. The molecule has 0 spiro atoms. The van der Waals surface area contributed by atoms with E-state index in [1.165, 1.54) is 30.4 Å². The molecular formula is C21H30O2. The summed E-state index contributed by atoms with van der Waals surface area (Å²) in [7, 11) is 0. The molecule has 0 bridgehead atoms. The minimum atomic E-state index is -0.174. The number of allylic oxidation sites excluding steroid dienone is 1. The molecule has 2 nitrogen and oxygen atoms in total. The standard InChI is InChI=1S/C21H30O2/c1-5-6-7-8-15-12-18(22)20-16-11-14(2)9-10-17(16)21(3,4)23-19(20)13-15/h12-13,16-17,22H,2,5-11H2,1,3-4H3/t16?,17-/m0/s1. The topological polar surface area (TPSA) is 29.5 Å². The van der Waals surface area contributed by atoms with Gasteiger partial charge in [-0.2, -0.15) is 0 Å². The van der Waals surface area contributed by atoms with E-state index in [1.807, 2.05) is 6.07 Å². The number of rotatable bonds is 4. The van der Waals surface area contributed by atoms with Crippen molar-refractivity contribution in [3.05, 3.63) is 35.4 Å². The van der Waals surface area contributed by atoms with Gasteiger partial charge in [0.15, 0.2) is 0 Å². The van der Waals surface area contributed by atoms with Crippen molar-refractivity contribution in [1.82, 2.24) is 0 Å². The van der Waals surface area contributed by atoms with Crippen molar-refractivity contribution in [3.8, 4) is 11.5 Å². The summed E-state index contributed by atoms with van der Waals surface area (Å²) < 4.78 is 6.36. The number of phenolic OH excluding ortho intramolecular Hbond substituents is 1. The van der Waals surface area contributed by atoms with Crippen molar-refractivity contribution in [1.29, 1.82) is 0 Å². The lowest BCUT2D eigenvalue weighted by Crippen LogP contribution is -2.46. The minimum absolute atomic E-state index is 0.174. The van der Waals surface area contributed by atoms with E-state index >= 15 is 0 Å². The maximum Gasteiger partial charge on any atom is 0.127 e. The number of benzene rings is 1. The number of hydrogen-bond donors (Lipinski definition) is 1. The molecule has 3 rings (SSSR count). The third-order valence-electron chi connectivity index (χ3n) is 5.69. The molecule has 1 aliphatic heterocycles. The summed E-state index contributed by atoms with van der Waals surface area (Å²) in [6.07, 6.45) is 7.79. The van der Waals surface area contributed by atoms with E-state index in [2.05, 4.69) is 33.4 Å². The summed E-state index contributed by atoms with van der Waals surface area (Å²) >= 11 is 0. The van der Waals surface area contributed by atoms with Crippen LogP contribution in [0.1, 0.15) is 76.3 Å². The number of aryl methyl sites for hydroxylation is 1. The van der Waals surface area contributed by atoms with E-state index in [9.17, 15) is 5.11 Å². The molecule has 0 aromatic heterocycles. The third kappa shape index (κ3) is 3.13. The number of unbranched alkanes of at least 4 members (excludes halogenated alkanes) is 2. The maximum absolute atomic E-state index is 10.7. The molecular weight excluding hydrogens is 284 g/mol.